The molecule has 1 aromatic heterocycles. The molecular formula is C10H11N3O3. The van der Waals surface area contributed by atoms with Crippen LogP contribution in [0.2, 0.25) is 0 Å². The van der Waals surface area contributed by atoms with Gasteiger partial charge in [0.1, 0.15) is 12.4 Å². The largest absolute Gasteiger partial charge is 0.472 e. The van der Waals surface area contributed by atoms with Gasteiger partial charge in [0.25, 0.3) is 5.88 Å². The van der Waals surface area contributed by atoms with Gasteiger partial charge in [-0.15, -0.1) is 12.3 Å². The molecule has 1 N–H and O–H groups in total. The molecule has 0 aliphatic rings. The van der Waals surface area contributed by atoms with Crippen LogP contribution >= 0.6 is 0 Å². The fourth-order valence-corrected chi connectivity index (χ4v) is 1.02. The van der Waals surface area contributed by atoms with Gasteiger partial charge >= 0.3 is 5.69 Å². The second-order valence-electron chi connectivity index (χ2n) is 2.83. The average Bonchev–Trinajstić information content (AvgIpc) is 2.29. The number of ether oxygens (including phenoxy) is 1. The standard InChI is InChI=1S/C10H11N3O3/c1-3-4-7-16-10-8(13(14)15)5-6-9(11-2)12-10/h1,5-6H,4,7H2,2H3,(H,11,12). The first-order valence-corrected chi connectivity index (χ1v) is 4.58. The summed E-state index contributed by atoms with van der Waals surface area (Å²) in [7, 11) is 1.67. The summed E-state index contributed by atoms with van der Waals surface area (Å²) in [4.78, 5) is 14.1. The lowest BCUT2D eigenvalue weighted by Crippen LogP contribution is -2.03. The van der Waals surface area contributed by atoms with Crippen LogP contribution in [-0.2, 0) is 0 Å². The van der Waals surface area contributed by atoms with E-state index in [0.717, 1.165) is 0 Å². The van der Waals surface area contributed by atoms with E-state index in [0.29, 0.717) is 12.2 Å². The lowest BCUT2D eigenvalue weighted by molar-refractivity contribution is -0.386. The minimum absolute atomic E-state index is 0.0212. The Morgan fingerprint density at radius 2 is 2.44 bits per heavy atom. The van der Waals surface area contributed by atoms with Crippen molar-refractivity contribution in [3.63, 3.8) is 0 Å². The van der Waals surface area contributed by atoms with E-state index < -0.39 is 4.92 Å². The third-order valence-electron chi connectivity index (χ3n) is 1.78. The molecule has 0 saturated carbocycles. The highest BCUT2D eigenvalue weighted by atomic mass is 16.6. The van der Waals surface area contributed by atoms with Crippen molar-refractivity contribution in [2.45, 2.75) is 6.42 Å². The highest BCUT2D eigenvalue weighted by molar-refractivity contribution is 5.48. The Morgan fingerprint density at radius 3 is 3.00 bits per heavy atom. The predicted octanol–water partition coefficient (Wildman–Crippen LogP) is 1.43. The van der Waals surface area contributed by atoms with Crippen LogP contribution in [0.3, 0.4) is 0 Å². The molecule has 1 rings (SSSR count). The lowest BCUT2D eigenvalue weighted by atomic mass is 10.4. The first kappa shape index (κ1) is 11.8. The van der Waals surface area contributed by atoms with Crippen molar-refractivity contribution >= 4 is 11.5 Å². The van der Waals surface area contributed by atoms with E-state index in [1.807, 2.05) is 0 Å². The van der Waals surface area contributed by atoms with E-state index in [1.54, 1.807) is 7.05 Å². The molecule has 0 bridgehead atoms. The quantitative estimate of drug-likeness (QED) is 0.352. The summed E-state index contributed by atoms with van der Waals surface area (Å²) >= 11 is 0. The number of pyridine rings is 1. The summed E-state index contributed by atoms with van der Waals surface area (Å²) < 4.78 is 5.15. The Bertz CT molecular complexity index is 426. The number of nitrogens with zero attached hydrogens (tertiary/aromatic N) is 2. The molecule has 0 amide bonds. The van der Waals surface area contributed by atoms with Crippen LogP contribution in [-0.4, -0.2) is 23.6 Å². The maximum atomic E-state index is 10.7. The van der Waals surface area contributed by atoms with Gasteiger partial charge in [-0.3, -0.25) is 10.1 Å². The number of anilines is 1. The summed E-state index contributed by atoms with van der Waals surface area (Å²) in [6.45, 7) is 0.206. The lowest BCUT2D eigenvalue weighted by Gasteiger charge is -2.05. The third-order valence-corrected chi connectivity index (χ3v) is 1.78. The number of nitrogens with one attached hydrogen (secondary N) is 1. The van der Waals surface area contributed by atoms with Crippen molar-refractivity contribution in [3.05, 3.63) is 22.2 Å². The summed E-state index contributed by atoms with van der Waals surface area (Å²) in [6.07, 6.45) is 5.43. The van der Waals surface area contributed by atoms with Crippen molar-refractivity contribution in [2.75, 3.05) is 19.0 Å². The Hall–Kier alpha value is -2.29. The van der Waals surface area contributed by atoms with Gasteiger partial charge < -0.3 is 10.1 Å². The normalized spacial score (nSPS) is 9.25. The minimum atomic E-state index is -0.544. The van der Waals surface area contributed by atoms with Crippen molar-refractivity contribution in [1.82, 2.24) is 4.98 Å². The van der Waals surface area contributed by atoms with Crippen LogP contribution in [0.5, 0.6) is 5.88 Å². The molecule has 0 unspecified atom stereocenters. The molecule has 0 aliphatic carbocycles. The molecule has 0 saturated heterocycles. The van der Waals surface area contributed by atoms with Crippen LogP contribution in [0, 0.1) is 22.5 Å². The molecule has 1 heterocycles. The second kappa shape index (κ2) is 5.56. The molecule has 0 aliphatic heterocycles. The van der Waals surface area contributed by atoms with Crippen molar-refractivity contribution < 1.29 is 9.66 Å². The van der Waals surface area contributed by atoms with Gasteiger partial charge in [0, 0.05) is 19.5 Å². The molecule has 0 atom stereocenters. The monoisotopic (exact) mass is 221 g/mol. The Kier molecular flexibility index (Phi) is 4.09. The van der Waals surface area contributed by atoms with E-state index in [1.165, 1.54) is 12.1 Å². The summed E-state index contributed by atoms with van der Waals surface area (Å²) in [5.74, 6) is 2.86. The van der Waals surface area contributed by atoms with Gasteiger partial charge in [0.15, 0.2) is 0 Å². The number of aromatic nitrogens is 1. The molecule has 0 aromatic carbocycles. The van der Waals surface area contributed by atoms with Gasteiger partial charge in [-0.25, -0.2) is 0 Å². The highest BCUT2D eigenvalue weighted by Crippen LogP contribution is 2.26. The first-order chi connectivity index (χ1) is 7.69. The van der Waals surface area contributed by atoms with Gasteiger partial charge in [-0.05, 0) is 6.07 Å². The maximum Gasteiger partial charge on any atom is 0.331 e. The van der Waals surface area contributed by atoms with Gasteiger partial charge in [-0.2, -0.15) is 4.98 Å². The molecule has 84 valence electrons. The predicted molar refractivity (Wildman–Crippen MR) is 59.4 cm³/mol. The SMILES string of the molecule is C#CCCOc1nc(NC)ccc1[N+](=O)[O-]. The zero-order chi connectivity index (χ0) is 12.0. The molecule has 0 spiro atoms. The zero-order valence-electron chi connectivity index (χ0n) is 8.77. The fraction of sp³-hybridized carbons (Fsp3) is 0.300. The Labute approximate surface area is 92.8 Å². The number of terminal acetylenes is 1. The number of hydrogen-bond donors (Lipinski definition) is 1. The van der Waals surface area contributed by atoms with Crippen LogP contribution in [0.15, 0.2) is 12.1 Å². The Morgan fingerprint density at radius 1 is 1.69 bits per heavy atom. The molecule has 6 heteroatoms. The molecule has 0 fully saturated rings. The first-order valence-electron chi connectivity index (χ1n) is 4.58. The second-order valence-corrected chi connectivity index (χ2v) is 2.83. The fourth-order valence-electron chi connectivity index (χ4n) is 1.02. The van der Waals surface area contributed by atoms with E-state index in [9.17, 15) is 10.1 Å². The van der Waals surface area contributed by atoms with Gasteiger partial charge in [-0.1, -0.05) is 0 Å². The van der Waals surface area contributed by atoms with Crippen LogP contribution in [0.1, 0.15) is 6.42 Å². The van der Waals surface area contributed by atoms with E-state index in [-0.39, 0.29) is 18.2 Å². The highest BCUT2D eigenvalue weighted by Gasteiger charge is 2.17. The topological polar surface area (TPSA) is 77.3 Å². The molecule has 6 nitrogen and oxygen atoms in total. The minimum Gasteiger partial charge on any atom is -0.472 e. The van der Waals surface area contributed by atoms with Crippen LogP contribution < -0.4 is 10.1 Å². The van der Waals surface area contributed by atoms with E-state index in [2.05, 4.69) is 16.2 Å². The van der Waals surface area contributed by atoms with Gasteiger partial charge in [0.2, 0.25) is 0 Å². The van der Waals surface area contributed by atoms with Gasteiger partial charge in [0.05, 0.1) is 4.92 Å². The smallest absolute Gasteiger partial charge is 0.331 e. The summed E-state index contributed by atoms with van der Waals surface area (Å²) in [5.41, 5.74) is -0.170. The van der Waals surface area contributed by atoms with E-state index >= 15 is 0 Å². The maximum absolute atomic E-state index is 10.7. The molecular weight excluding hydrogens is 210 g/mol. The van der Waals surface area contributed by atoms with Crippen LogP contribution in [0.25, 0.3) is 0 Å². The Balaban J connectivity index is 2.92. The molecule has 16 heavy (non-hydrogen) atoms. The number of hydrogen-bond acceptors (Lipinski definition) is 5. The number of nitro groups is 1. The van der Waals surface area contributed by atoms with Crippen molar-refractivity contribution in [1.29, 1.82) is 0 Å². The summed E-state index contributed by atoms with van der Waals surface area (Å²) in [6, 6.07) is 2.84. The van der Waals surface area contributed by atoms with Crippen molar-refractivity contribution in [2.24, 2.45) is 0 Å². The molecule has 0 radical (unpaired) electrons. The molecule has 1 aromatic rings. The zero-order valence-corrected chi connectivity index (χ0v) is 8.77. The number of rotatable bonds is 5. The van der Waals surface area contributed by atoms with Crippen molar-refractivity contribution in [3.8, 4) is 18.2 Å². The van der Waals surface area contributed by atoms with E-state index in [4.69, 9.17) is 11.2 Å². The average molecular weight is 221 g/mol. The van der Waals surface area contributed by atoms with Crippen LogP contribution in [0.4, 0.5) is 11.5 Å². The third kappa shape index (κ3) is 2.85. The summed E-state index contributed by atoms with van der Waals surface area (Å²) in [5, 5.41) is 13.4.